The van der Waals surface area contributed by atoms with Gasteiger partial charge in [0.2, 0.25) is 5.91 Å². The van der Waals surface area contributed by atoms with E-state index in [-0.39, 0.29) is 16.6 Å². The number of nitrogens with zero attached hydrogens (tertiary/aromatic N) is 3. The number of pyridine rings is 1. The molecule has 0 fully saturated rings. The van der Waals surface area contributed by atoms with Gasteiger partial charge in [0.05, 0.1) is 16.3 Å². The average molecular weight is 355 g/mol. The van der Waals surface area contributed by atoms with E-state index in [0.29, 0.717) is 16.6 Å². The number of halogens is 4. The van der Waals surface area contributed by atoms with E-state index in [2.05, 4.69) is 20.5 Å². The fourth-order valence-corrected chi connectivity index (χ4v) is 2.71. The predicted octanol–water partition coefficient (Wildman–Crippen LogP) is 3.34. The maximum absolute atomic E-state index is 12.4. The molecule has 0 saturated heterocycles. The van der Waals surface area contributed by atoms with Crippen molar-refractivity contribution in [3.8, 4) is 0 Å². The Morgan fingerprint density at radius 2 is 2.24 bits per heavy atom. The van der Waals surface area contributed by atoms with Crippen LogP contribution in [0.5, 0.6) is 0 Å². The minimum absolute atomic E-state index is 0.0220. The average Bonchev–Trinajstić information content (AvgIpc) is 2.91. The first-order chi connectivity index (χ1) is 9.86. The molecule has 112 valence electrons. The molecule has 1 amide bonds. The number of thioether (sulfide) groups is 1. The Labute approximate surface area is 129 Å². The van der Waals surface area contributed by atoms with Crippen molar-refractivity contribution in [1.29, 1.82) is 0 Å². The highest BCUT2D eigenvalue weighted by Crippen LogP contribution is 2.32. The van der Waals surface area contributed by atoms with Gasteiger partial charge in [0.1, 0.15) is 5.51 Å². The lowest BCUT2D eigenvalue weighted by molar-refractivity contribution is -0.137. The predicted molar refractivity (Wildman–Crippen MR) is 73.5 cm³/mol. The molecule has 0 saturated carbocycles. The number of hydrogen-bond acceptors (Lipinski definition) is 6. The maximum Gasteiger partial charge on any atom is 0.417 e. The van der Waals surface area contributed by atoms with Crippen molar-refractivity contribution in [3.63, 3.8) is 0 Å². The number of alkyl halides is 3. The van der Waals surface area contributed by atoms with Crippen molar-refractivity contribution >= 4 is 46.4 Å². The van der Waals surface area contributed by atoms with Crippen LogP contribution in [0.1, 0.15) is 5.56 Å². The van der Waals surface area contributed by atoms with Crippen molar-refractivity contribution in [2.24, 2.45) is 0 Å². The van der Waals surface area contributed by atoms with Gasteiger partial charge in [-0.05, 0) is 6.07 Å². The lowest BCUT2D eigenvalue weighted by atomic mass is 10.3. The van der Waals surface area contributed by atoms with Gasteiger partial charge in [-0.15, -0.1) is 10.2 Å². The molecular weight excluding hydrogens is 349 g/mol. The highest BCUT2D eigenvalue weighted by molar-refractivity contribution is 8.01. The van der Waals surface area contributed by atoms with Crippen LogP contribution >= 0.6 is 34.7 Å². The van der Waals surface area contributed by atoms with Crippen molar-refractivity contribution in [3.05, 3.63) is 28.4 Å². The number of anilines is 1. The van der Waals surface area contributed by atoms with Gasteiger partial charge in [0.25, 0.3) is 0 Å². The molecule has 0 bridgehead atoms. The summed E-state index contributed by atoms with van der Waals surface area (Å²) in [4.78, 5) is 15.2. The van der Waals surface area contributed by atoms with Crippen LogP contribution < -0.4 is 5.32 Å². The molecule has 0 aliphatic rings. The first-order valence-corrected chi connectivity index (χ1v) is 7.52. The van der Waals surface area contributed by atoms with Gasteiger partial charge in [-0.25, -0.2) is 4.98 Å². The Morgan fingerprint density at radius 3 is 2.81 bits per heavy atom. The number of aromatic nitrogens is 3. The van der Waals surface area contributed by atoms with E-state index in [1.54, 1.807) is 0 Å². The quantitative estimate of drug-likeness (QED) is 0.853. The van der Waals surface area contributed by atoms with Gasteiger partial charge >= 0.3 is 6.18 Å². The second-order valence-electron chi connectivity index (χ2n) is 3.59. The Bertz CT molecular complexity index is 636. The standard InChI is InChI=1S/C10H6ClF3N4OS2/c11-6-1-5(10(12,13)14)2-15-8(6)17-7(19)3-20-9-18-16-4-21-9/h1-2,4H,3H2,(H,15,17,19). The van der Waals surface area contributed by atoms with E-state index < -0.39 is 17.6 Å². The second-order valence-corrected chi connectivity index (χ2v) is 6.06. The van der Waals surface area contributed by atoms with Gasteiger partial charge < -0.3 is 5.32 Å². The summed E-state index contributed by atoms with van der Waals surface area (Å²) in [5.74, 6) is -0.550. The number of rotatable bonds is 4. The normalized spacial score (nSPS) is 11.4. The van der Waals surface area contributed by atoms with Gasteiger partial charge in [-0.3, -0.25) is 4.79 Å². The lowest BCUT2D eigenvalue weighted by Gasteiger charge is -2.09. The molecule has 5 nitrogen and oxygen atoms in total. The number of nitrogens with one attached hydrogen (secondary N) is 1. The summed E-state index contributed by atoms with van der Waals surface area (Å²) in [6.45, 7) is 0. The molecule has 0 unspecified atom stereocenters. The van der Waals surface area contributed by atoms with E-state index >= 15 is 0 Å². The molecule has 2 aromatic heterocycles. The number of carbonyl (C=O) groups is 1. The molecule has 11 heteroatoms. The number of hydrogen-bond donors (Lipinski definition) is 1. The van der Waals surface area contributed by atoms with Crippen LogP contribution in [0.25, 0.3) is 0 Å². The van der Waals surface area contributed by atoms with Crippen LogP contribution in [0, 0.1) is 0 Å². The first-order valence-electron chi connectivity index (χ1n) is 5.28. The lowest BCUT2D eigenvalue weighted by Crippen LogP contribution is -2.16. The van der Waals surface area contributed by atoms with Gasteiger partial charge in [0, 0.05) is 6.20 Å². The zero-order valence-corrected chi connectivity index (χ0v) is 12.4. The fraction of sp³-hybridized carbons (Fsp3) is 0.200. The fourth-order valence-electron chi connectivity index (χ4n) is 1.21. The summed E-state index contributed by atoms with van der Waals surface area (Å²) in [6.07, 6.45) is -3.92. The minimum atomic E-state index is -4.53. The van der Waals surface area contributed by atoms with E-state index in [4.69, 9.17) is 11.6 Å². The summed E-state index contributed by atoms with van der Waals surface area (Å²) >= 11 is 8.10. The molecular formula is C10H6ClF3N4OS2. The monoisotopic (exact) mass is 354 g/mol. The molecule has 1 N–H and O–H groups in total. The first kappa shape index (κ1) is 16.0. The summed E-state index contributed by atoms with van der Waals surface area (Å²) in [5, 5.41) is 9.40. The van der Waals surface area contributed by atoms with Crippen molar-refractivity contribution in [2.45, 2.75) is 10.5 Å². The third-order valence-corrected chi connectivity index (χ3v) is 4.24. The number of amides is 1. The minimum Gasteiger partial charge on any atom is -0.309 e. The zero-order valence-electron chi connectivity index (χ0n) is 10.0. The molecule has 2 aromatic rings. The molecule has 2 rings (SSSR count). The van der Waals surface area contributed by atoms with Crippen LogP contribution in [-0.2, 0) is 11.0 Å². The Balaban J connectivity index is 1.97. The molecule has 0 radical (unpaired) electrons. The van der Waals surface area contributed by atoms with E-state index in [0.717, 1.165) is 11.8 Å². The smallest absolute Gasteiger partial charge is 0.309 e. The van der Waals surface area contributed by atoms with Gasteiger partial charge in [-0.1, -0.05) is 34.7 Å². The molecule has 2 heterocycles. The molecule has 0 aliphatic carbocycles. The zero-order chi connectivity index (χ0) is 15.5. The highest BCUT2D eigenvalue weighted by atomic mass is 35.5. The Hall–Kier alpha value is -1.39. The summed E-state index contributed by atoms with van der Waals surface area (Å²) in [7, 11) is 0. The number of carbonyl (C=O) groups excluding carboxylic acids is 1. The van der Waals surface area contributed by atoms with Crippen LogP contribution in [0.3, 0.4) is 0 Å². The molecule has 0 atom stereocenters. The van der Waals surface area contributed by atoms with Crippen LogP contribution in [0.15, 0.2) is 22.1 Å². The van der Waals surface area contributed by atoms with E-state index in [1.807, 2.05) is 0 Å². The van der Waals surface area contributed by atoms with Crippen molar-refractivity contribution in [2.75, 3.05) is 11.1 Å². The van der Waals surface area contributed by atoms with Crippen LogP contribution in [0.2, 0.25) is 5.02 Å². The molecule has 0 aromatic carbocycles. The van der Waals surface area contributed by atoms with E-state index in [1.165, 1.54) is 16.8 Å². The second kappa shape index (κ2) is 6.58. The van der Waals surface area contributed by atoms with Gasteiger partial charge in [-0.2, -0.15) is 13.2 Å². The largest absolute Gasteiger partial charge is 0.417 e. The van der Waals surface area contributed by atoms with Crippen LogP contribution in [0.4, 0.5) is 19.0 Å². The third kappa shape index (κ3) is 4.55. The summed E-state index contributed by atoms with van der Waals surface area (Å²) in [6, 6.07) is 0.710. The Kier molecular flexibility index (Phi) is 5.01. The topological polar surface area (TPSA) is 67.8 Å². The maximum atomic E-state index is 12.4. The SMILES string of the molecule is O=C(CSc1nncs1)Nc1ncc(C(F)(F)F)cc1Cl. The Morgan fingerprint density at radius 1 is 1.48 bits per heavy atom. The van der Waals surface area contributed by atoms with Crippen molar-refractivity contribution in [1.82, 2.24) is 15.2 Å². The summed E-state index contributed by atoms with van der Waals surface area (Å²) in [5.41, 5.74) is 0.544. The molecule has 21 heavy (non-hydrogen) atoms. The molecule has 0 spiro atoms. The van der Waals surface area contributed by atoms with Crippen LogP contribution in [-0.4, -0.2) is 26.8 Å². The highest BCUT2D eigenvalue weighted by Gasteiger charge is 2.31. The van der Waals surface area contributed by atoms with Crippen molar-refractivity contribution < 1.29 is 18.0 Å². The van der Waals surface area contributed by atoms with Gasteiger partial charge in [0.15, 0.2) is 10.2 Å². The molecule has 0 aliphatic heterocycles. The summed E-state index contributed by atoms with van der Waals surface area (Å²) < 4.78 is 37.9. The third-order valence-electron chi connectivity index (χ3n) is 2.09. The van der Waals surface area contributed by atoms with E-state index in [9.17, 15) is 18.0 Å².